The van der Waals surface area contributed by atoms with Gasteiger partial charge in [0.2, 0.25) is 0 Å². The summed E-state index contributed by atoms with van der Waals surface area (Å²) < 4.78 is 22.4. The molecular formula is C45H38O6. The van der Waals surface area contributed by atoms with Crippen molar-refractivity contribution in [2.45, 2.75) is 5.41 Å². The molecule has 0 saturated heterocycles. The molecular weight excluding hydrogens is 636 g/mol. The van der Waals surface area contributed by atoms with E-state index in [4.69, 9.17) is 18.9 Å². The molecule has 1 unspecified atom stereocenters. The Morgan fingerprint density at radius 2 is 1.14 bits per heavy atom. The summed E-state index contributed by atoms with van der Waals surface area (Å²) in [4.78, 5) is 23.0. The number of esters is 2. The molecule has 0 spiro atoms. The Balaban J connectivity index is 0.00000220. The maximum atomic E-state index is 11.6. The van der Waals surface area contributed by atoms with E-state index >= 15 is 0 Å². The second kappa shape index (κ2) is 15.4. The highest BCUT2D eigenvalue weighted by molar-refractivity contribution is 6.00. The van der Waals surface area contributed by atoms with Crippen molar-refractivity contribution < 1.29 is 28.5 Å². The molecule has 1 aliphatic carbocycles. The second-order valence-corrected chi connectivity index (χ2v) is 11.7. The van der Waals surface area contributed by atoms with Gasteiger partial charge in [-0.1, -0.05) is 104 Å². The molecule has 6 heteroatoms. The van der Waals surface area contributed by atoms with E-state index in [-0.39, 0.29) is 26.4 Å². The van der Waals surface area contributed by atoms with Crippen LogP contribution in [-0.4, -0.2) is 38.4 Å². The van der Waals surface area contributed by atoms with Crippen molar-refractivity contribution in [3.05, 3.63) is 182 Å². The number of ether oxygens (including phenoxy) is 4. The quantitative estimate of drug-likeness (QED) is 0.0557. The maximum Gasteiger partial charge on any atom is 0.330 e. The number of carbonyl (C=O) groups excluding carboxylic acids is 2. The zero-order valence-electron chi connectivity index (χ0n) is 28.3. The van der Waals surface area contributed by atoms with Gasteiger partial charge < -0.3 is 18.9 Å². The maximum absolute atomic E-state index is 11.6. The summed E-state index contributed by atoms with van der Waals surface area (Å²) >= 11 is 0. The molecule has 0 heterocycles. The van der Waals surface area contributed by atoms with Crippen molar-refractivity contribution in [2.75, 3.05) is 26.4 Å². The summed E-state index contributed by atoms with van der Waals surface area (Å²) in [5.74, 6) is 0.413. The van der Waals surface area contributed by atoms with Gasteiger partial charge in [0.05, 0.1) is 5.41 Å². The molecule has 0 fully saturated rings. The van der Waals surface area contributed by atoms with E-state index in [2.05, 4.69) is 117 Å². The molecule has 6 aromatic rings. The van der Waals surface area contributed by atoms with E-state index in [1.807, 2.05) is 30.3 Å². The molecule has 0 amide bonds. The summed E-state index contributed by atoms with van der Waals surface area (Å²) in [6, 6.07) is 42.4. The van der Waals surface area contributed by atoms with Crippen molar-refractivity contribution in [2.24, 2.45) is 0 Å². The molecule has 0 radical (unpaired) electrons. The Bertz CT molecular complexity index is 2230. The third-order valence-corrected chi connectivity index (χ3v) is 9.00. The van der Waals surface area contributed by atoms with Crippen LogP contribution in [0.5, 0.6) is 11.5 Å². The van der Waals surface area contributed by atoms with E-state index in [0.29, 0.717) is 11.5 Å². The van der Waals surface area contributed by atoms with Crippen LogP contribution in [0, 0.1) is 0 Å². The van der Waals surface area contributed by atoms with E-state index in [1.54, 1.807) is 0 Å². The Morgan fingerprint density at radius 1 is 0.549 bits per heavy atom. The van der Waals surface area contributed by atoms with E-state index in [1.165, 1.54) is 27.6 Å². The third kappa shape index (κ3) is 6.52. The minimum absolute atomic E-state index is 0.115. The predicted octanol–water partition coefficient (Wildman–Crippen LogP) is 9.37. The van der Waals surface area contributed by atoms with Crippen LogP contribution in [-0.2, 0) is 24.5 Å². The zero-order valence-corrected chi connectivity index (χ0v) is 28.3. The highest BCUT2D eigenvalue weighted by Crippen LogP contribution is 2.58. The smallest absolute Gasteiger partial charge is 0.330 e. The lowest BCUT2D eigenvalue weighted by Crippen LogP contribution is -2.29. The summed E-state index contributed by atoms with van der Waals surface area (Å²) in [7, 11) is 0. The number of fused-ring (bicyclic) bond motifs is 5. The van der Waals surface area contributed by atoms with Crippen molar-refractivity contribution in [3.8, 4) is 22.6 Å². The van der Waals surface area contributed by atoms with Gasteiger partial charge in [0.1, 0.15) is 37.9 Å². The second-order valence-electron chi connectivity index (χ2n) is 11.7. The molecule has 1 aliphatic rings. The SMILES string of the molecule is C=C.C=CC(=O)OCCOc1ccc(C2(c3ccc(OCCOC(=O)C=C)c4ccccc34)c3ccccc3-c3cc4ccccc4cc32)cc1. The van der Waals surface area contributed by atoms with Crippen LogP contribution in [0.15, 0.2) is 160 Å². The highest BCUT2D eigenvalue weighted by atomic mass is 16.6. The van der Waals surface area contributed by atoms with Crippen molar-refractivity contribution in [3.63, 3.8) is 0 Å². The molecule has 0 bridgehead atoms. The standard InChI is InChI=1S/C43H34O6.C2H4/c1-3-41(44)48-25-23-46-32-19-17-31(18-20-32)43(37-16-10-9-14-34(37)36-27-29-11-5-6-12-30(29)28-39(36)43)38-21-22-40(35-15-8-7-13-33(35)38)47-24-26-49-42(45)4-2;1-2/h3-22,27-28H,1-2,23-26H2;1-2H2. The van der Waals surface area contributed by atoms with E-state index < -0.39 is 17.4 Å². The first-order chi connectivity index (χ1) is 25.0. The van der Waals surface area contributed by atoms with E-state index in [9.17, 15) is 9.59 Å². The Kier molecular flexibility index (Phi) is 10.4. The first-order valence-corrected chi connectivity index (χ1v) is 16.6. The highest BCUT2D eigenvalue weighted by Gasteiger charge is 2.47. The van der Waals surface area contributed by atoms with Gasteiger partial charge in [0, 0.05) is 17.5 Å². The molecule has 0 N–H and O–H groups in total. The summed E-state index contributed by atoms with van der Waals surface area (Å²) in [6.45, 7) is 13.6. The van der Waals surface area contributed by atoms with Gasteiger partial charge in [-0.05, 0) is 79.9 Å². The van der Waals surface area contributed by atoms with Crippen LogP contribution >= 0.6 is 0 Å². The number of hydrogen-bond donors (Lipinski definition) is 0. The van der Waals surface area contributed by atoms with Crippen molar-refractivity contribution in [1.29, 1.82) is 0 Å². The predicted molar refractivity (Wildman–Crippen MR) is 203 cm³/mol. The van der Waals surface area contributed by atoms with Crippen LogP contribution in [0.25, 0.3) is 32.7 Å². The zero-order chi connectivity index (χ0) is 35.8. The van der Waals surface area contributed by atoms with Crippen molar-refractivity contribution >= 4 is 33.5 Å². The van der Waals surface area contributed by atoms with Crippen LogP contribution in [0.4, 0.5) is 0 Å². The average Bonchev–Trinajstić information content (AvgIpc) is 3.47. The lowest BCUT2D eigenvalue weighted by atomic mass is 9.66. The molecule has 0 aliphatic heterocycles. The first-order valence-electron chi connectivity index (χ1n) is 16.6. The lowest BCUT2D eigenvalue weighted by molar-refractivity contribution is -0.139. The Labute approximate surface area is 297 Å². The molecule has 6 aromatic carbocycles. The fraction of sp³-hybridized carbons (Fsp3) is 0.111. The number of rotatable bonds is 12. The van der Waals surface area contributed by atoms with Gasteiger partial charge in [-0.3, -0.25) is 0 Å². The van der Waals surface area contributed by atoms with Crippen LogP contribution < -0.4 is 9.47 Å². The van der Waals surface area contributed by atoms with Gasteiger partial charge in [-0.2, -0.15) is 0 Å². The lowest BCUT2D eigenvalue weighted by Gasteiger charge is -2.35. The summed E-state index contributed by atoms with van der Waals surface area (Å²) in [5, 5.41) is 4.34. The number of hydrogen-bond acceptors (Lipinski definition) is 6. The van der Waals surface area contributed by atoms with Gasteiger partial charge in [-0.25, -0.2) is 9.59 Å². The van der Waals surface area contributed by atoms with Gasteiger partial charge >= 0.3 is 11.9 Å². The number of carbonyl (C=O) groups is 2. The molecule has 0 saturated carbocycles. The largest absolute Gasteiger partial charge is 0.490 e. The van der Waals surface area contributed by atoms with Crippen LogP contribution in [0.1, 0.15) is 22.3 Å². The van der Waals surface area contributed by atoms with Gasteiger partial charge in [0.15, 0.2) is 0 Å². The molecule has 51 heavy (non-hydrogen) atoms. The monoisotopic (exact) mass is 674 g/mol. The summed E-state index contributed by atoms with van der Waals surface area (Å²) in [6.07, 6.45) is 2.28. The summed E-state index contributed by atoms with van der Waals surface area (Å²) in [5.41, 5.74) is 6.24. The average molecular weight is 675 g/mol. The van der Waals surface area contributed by atoms with Gasteiger partial charge in [-0.15, -0.1) is 13.2 Å². The molecule has 1 atom stereocenters. The minimum Gasteiger partial charge on any atom is -0.490 e. The third-order valence-electron chi connectivity index (χ3n) is 9.00. The van der Waals surface area contributed by atoms with Crippen molar-refractivity contribution in [1.82, 2.24) is 0 Å². The molecule has 254 valence electrons. The fourth-order valence-corrected chi connectivity index (χ4v) is 6.96. The fourth-order valence-electron chi connectivity index (χ4n) is 6.96. The first kappa shape index (κ1) is 34.5. The van der Waals surface area contributed by atoms with Gasteiger partial charge in [0.25, 0.3) is 0 Å². The Morgan fingerprint density at radius 3 is 1.82 bits per heavy atom. The minimum atomic E-state index is -0.689. The number of benzene rings is 6. The molecule has 7 rings (SSSR count). The normalized spacial score (nSPS) is 14.0. The topological polar surface area (TPSA) is 71.1 Å². The Hall–Kier alpha value is -6.40. The van der Waals surface area contributed by atoms with E-state index in [0.717, 1.165) is 39.4 Å². The van der Waals surface area contributed by atoms with Crippen LogP contribution in [0.2, 0.25) is 0 Å². The molecule has 0 aromatic heterocycles. The molecule has 6 nitrogen and oxygen atoms in total. The van der Waals surface area contributed by atoms with Crippen LogP contribution in [0.3, 0.4) is 0 Å².